The van der Waals surface area contributed by atoms with Crippen molar-refractivity contribution in [1.82, 2.24) is 9.97 Å². The third-order valence-electron chi connectivity index (χ3n) is 3.01. The molecule has 6 heteroatoms. The zero-order valence-electron chi connectivity index (χ0n) is 11.7. The van der Waals surface area contributed by atoms with Crippen LogP contribution in [-0.4, -0.2) is 15.9 Å². The number of rotatable bonds is 3. The predicted octanol–water partition coefficient (Wildman–Crippen LogP) is 4.37. The van der Waals surface area contributed by atoms with Gasteiger partial charge in [0.05, 0.1) is 5.69 Å². The number of aromatic nitrogens is 2. The molecule has 2 heterocycles. The van der Waals surface area contributed by atoms with Crippen molar-refractivity contribution in [3.63, 3.8) is 0 Å². The number of hydrogen-bond acceptors (Lipinski definition) is 4. The molecule has 0 spiro atoms. The first kappa shape index (κ1) is 15.1. The second-order valence-electron chi connectivity index (χ2n) is 4.64. The molecule has 0 aliphatic carbocycles. The van der Waals surface area contributed by atoms with Crippen molar-refractivity contribution in [1.29, 1.82) is 0 Å². The van der Waals surface area contributed by atoms with E-state index in [-0.39, 0.29) is 5.91 Å². The van der Waals surface area contributed by atoms with E-state index in [0.29, 0.717) is 4.88 Å². The summed E-state index contributed by atoms with van der Waals surface area (Å²) in [4.78, 5) is 21.6. The molecule has 0 atom stereocenters. The van der Waals surface area contributed by atoms with E-state index in [0.717, 1.165) is 25.5 Å². The number of carbonyl (C=O) groups is 1. The van der Waals surface area contributed by atoms with Crippen LogP contribution in [0.3, 0.4) is 0 Å². The topological polar surface area (TPSA) is 54.9 Å². The summed E-state index contributed by atoms with van der Waals surface area (Å²) in [5.74, 6) is -0.133. The number of nitrogens with zero attached hydrogens (tertiary/aromatic N) is 2. The molecule has 0 unspecified atom stereocenters. The Labute approximate surface area is 145 Å². The van der Waals surface area contributed by atoms with Gasteiger partial charge in [0.15, 0.2) is 0 Å². The van der Waals surface area contributed by atoms with Crippen LogP contribution in [-0.2, 0) is 0 Å². The molecule has 0 saturated heterocycles. The van der Waals surface area contributed by atoms with Crippen LogP contribution in [0.25, 0.3) is 10.6 Å². The Morgan fingerprint density at radius 1 is 1.23 bits per heavy atom. The van der Waals surface area contributed by atoms with Crippen molar-refractivity contribution in [2.75, 3.05) is 5.32 Å². The Morgan fingerprint density at radius 3 is 2.68 bits per heavy atom. The standard InChI is InChI=1S/C16H12IN3OS/c1-10-14(15(21)20-13-6-4-12(17)5-7-13)22-16(19-10)11-3-2-8-18-9-11/h2-9H,1H3,(H,20,21). The fourth-order valence-corrected chi connectivity index (χ4v) is 3.25. The highest BCUT2D eigenvalue weighted by Gasteiger charge is 2.16. The molecule has 0 saturated carbocycles. The summed E-state index contributed by atoms with van der Waals surface area (Å²) >= 11 is 3.61. The number of amides is 1. The second kappa shape index (κ2) is 6.53. The van der Waals surface area contributed by atoms with Crippen LogP contribution < -0.4 is 5.32 Å². The summed E-state index contributed by atoms with van der Waals surface area (Å²) in [7, 11) is 0. The van der Waals surface area contributed by atoms with Gasteiger partial charge in [0.1, 0.15) is 9.88 Å². The number of halogens is 1. The van der Waals surface area contributed by atoms with E-state index in [2.05, 4.69) is 37.9 Å². The lowest BCUT2D eigenvalue weighted by molar-refractivity contribution is 0.103. The van der Waals surface area contributed by atoms with Gasteiger partial charge in [0.2, 0.25) is 0 Å². The fourth-order valence-electron chi connectivity index (χ4n) is 1.94. The van der Waals surface area contributed by atoms with Crippen molar-refractivity contribution in [3.05, 3.63) is 62.9 Å². The first-order chi connectivity index (χ1) is 10.6. The number of carbonyl (C=O) groups excluding carboxylic acids is 1. The Kier molecular flexibility index (Phi) is 4.49. The molecule has 22 heavy (non-hydrogen) atoms. The molecule has 3 rings (SSSR count). The Balaban J connectivity index is 1.84. The zero-order chi connectivity index (χ0) is 15.5. The minimum Gasteiger partial charge on any atom is -0.321 e. The maximum absolute atomic E-state index is 12.4. The second-order valence-corrected chi connectivity index (χ2v) is 6.88. The van der Waals surface area contributed by atoms with Crippen molar-refractivity contribution in [2.24, 2.45) is 0 Å². The largest absolute Gasteiger partial charge is 0.321 e. The summed E-state index contributed by atoms with van der Waals surface area (Å²) in [6, 6.07) is 11.5. The van der Waals surface area contributed by atoms with Crippen molar-refractivity contribution in [3.8, 4) is 10.6 Å². The van der Waals surface area contributed by atoms with Crippen LogP contribution in [0, 0.1) is 10.5 Å². The number of aryl methyl sites for hydroxylation is 1. The monoisotopic (exact) mass is 421 g/mol. The summed E-state index contributed by atoms with van der Waals surface area (Å²) in [5, 5.41) is 3.71. The van der Waals surface area contributed by atoms with Crippen molar-refractivity contribution in [2.45, 2.75) is 6.92 Å². The van der Waals surface area contributed by atoms with Crippen LogP contribution in [0.2, 0.25) is 0 Å². The van der Waals surface area contributed by atoms with Gasteiger partial charge in [-0.1, -0.05) is 0 Å². The Morgan fingerprint density at radius 2 is 2.00 bits per heavy atom. The van der Waals surface area contributed by atoms with Crippen molar-refractivity contribution < 1.29 is 4.79 Å². The third kappa shape index (κ3) is 3.33. The molecule has 1 amide bonds. The highest BCUT2D eigenvalue weighted by Crippen LogP contribution is 2.28. The summed E-state index contributed by atoms with van der Waals surface area (Å²) in [6.07, 6.45) is 3.47. The lowest BCUT2D eigenvalue weighted by Gasteiger charge is -2.03. The van der Waals surface area contributed by atoms with Crippen LogP contribution in [0.1, 0.15) is 15.4 Å². The number of thiazole rings is 1. The van der Waals surface area contributed by atoms with Gasteiger partial charge in [-0.3, -0.25) is 9.78 Å². The van der Waals surface area contributed by atoms with Gasteiger partial charge in [-0.2, -0.15) is 0 Å². The molecule has 4 nitrogen and oxygen atoms in total. The number of pyridine rings is 1. The SMILES string of the molecule is Cc1nc(-c2cccnc2)sc1C(=O)Nc1ccc(I)cc1. The van der Waals surface area contributed by atoms with Gasteiger partial charge in [-0.05, 0) is 65.9 Å². The normalized spacial score (nSPS) is 10.5. The van der Waals surface area contributed by atoms with E-state index in [4.69, 9.17) is 0 Å². The average Bonchev–Trinajstić information content (AvgIpc) is 2.92. The molecule has 0 aliphatic rings. The van der Waals surface area contributed by atoms with Gasteiger partial charge in [-0.25, -0.2) is 4.98 Å². The maximum Gasteiger partial charge on any atom is 0.267 e. The van der Waals surface area contributed by atoms with E-state index < -0.39 is 0 Å². The van der Waals surface area contributed by atoms with Crippen LogP contribution in [0.4, 0.5) is 5.69 Å². The zero-order valence-corrected chi connectivity index (χ0v) is 14.7. The van der Waals surface area contributed by atoms with Crippen LogP contribution in [0.15, 0.2) is 48.8 Å². The van der Waals surface area contributed by atoms with E-state index >= 15 is 0 Å². The molecule has 1 N–H and O–H groups in total. The summed E-state index contributed by atoms with van der Waals surface area (Å²) < 4.78 is 1.13. The molecule has 110 valence electrons. The van der Waals surface area contributed by atoms with Gasteiger partial charge >= 0.3 is 0 Å². The van der Waals surface area contributed by atoms with Gasteiger partial charge < -0.3 is 5.32 Å². The van der Waals surface area contributed by atoms with Gasteiger partial charge in [0, 0.05) is 27.2 Å². The highest BCUT2D eigenvalue weighted by atomic mass is 127. The van der Waals surface area contributed by atoms with E-state index in [1.807, 2.05) is 43.3 Å². The molecular weight excluding hydrogens is 409 g/mol. The first-order valence-corrected chi connectivity index (χ1v) is 8.48. The Hall–Kier alpha value is -1.80. The number of hydrogen-bond donors (Lipinski definition) is 1. The van der Waals surface area contributed by atoms with Crippen molar-refractivity contribution >= 4 is 45.5 Å². The summed E-state index contributed by atoms with van der Waals surface area (Å²) in [5.41, 5.74) is 2.43. The Bertz CT molecular complexity index is 800. The third-order valence-corrected chi connectivity index (χ3v) is 4.94. The minimum atomic E-state index is -0.133. The van der Waals surface area contributed by atoms with Gasteiger partial charge in [0.25, 0.3) is 5.91 Å². The number of anilines is 1. The molecule has 0 radical (unpaired) electrons. The molecule has 0 fully saturated rings. The smallest absolute Gasteiger partial charge is 0.267 e. The lowest BCUT2D eigenvalue weighted by Crippen LogP contribution is -2.11. The molecule has 2 aromatic heterocycles. The summed E-state index contributed by atoms with van der Waals surface area (Å²) in [6.45, 7) is 1.85. The lowest BCUT2D eigenvalue weighted by atomic mass is 10.3. The van der Waals surface area contributed by atoms with Gasteiger partial charge in [-0.15, -0.1) is 11.3 Å². The predicted molar refractivity (Wildman–Crippen MR) is 97.2 cm³/mol. The molecule has 0 bridgehead atoms. The molecule has 1 aromatic carbocycles. The maximum atomic E-state index is 12.4. The average molecular weight is 421 g/mol. The number of nitrogens with one attached hydrogen (secondary N) is 1. The van der Waals surface area contributed by atoms with Crippen LogP contribution in [0.5, 0.6) is 0 Å². The quantitative estimate of drug-likeness (QED) is 0.640. The van der Waals surface area contributed by atoms with E-state index in [1.54, 1.807) is 12.4 Å². The van der Waals surface area contributed by atoms with E-state index in [9.17, 15) is 4.79 Å². The van der Waals surface area contributed by atoms with E-state index in [1.165, 1.54) is 11.3 Å². The highest BCUT2D eigenvalue weighted by molar-refractivity contribution is 14.1. The molecular formula is C16H12IN3OS. The van der Waals surface area contributed by atoms with Crippen LogP contribution >= 0.6 is 33.9 Å². The molecule has 3 aromatic rings. The first-order valence-electron chi connectivity index (χ1n) is 6.58. The number of benzene rings is 1. The minimum absolute atomic E-state index is 0.133. The fraction of sp³-hybridized carbons (Fsp3) is 0.0625. The molecule has 0 aliphatic heterocycles.